The van der Waals surface area contributed by atoms with Gasteiger partial charge in [0.1, 0.15) is 5.82 Å². The fraction of sp³-hybridized carbons (Fsp3) is 0.250. The van der Waals surface area contributed by atoms with Crippen LogP contribution in [-0.2, 0) is 16.4 Å². The number of rotatable bonds is 7. The summed E-state index contributed by atoms with van der Waals surface area (Å²) >= 11 is 0. The van der Waals surface area contributed by atoms with E-state index in [0.717, 1.165) is 11.9 Å². The largest absolute Gasteiger partial charge is 0.349 e. The number of hydrogen-bond donors (Lipinski definition) is 2. The van der Waals surface area contributed by atoms with E-state index >= 15 is 0 Å². The summed E-state index contributed by atoms with van der Waals surface area (Å²) in [6.07, 6.45) is 4.51. The number of hydrogen-bond acceptors (Lipinski definition) is 5. The maximum Gasteiger partial charge on any atom is 0.270 e. The van der Waals surface area contributed by atoms with Gasteiger partial charge >= 0.3 is 0 Å². The average Bonchev–Trinajstić information content (AvgIpc) is 2.97. The van der Waals surface area contributed by atoms with Gasteiger partial charge in [0.25, 0.3) is 5.69 Å². The number of sulfonamides is 1. The normalized spacial score (nSPS) is 11.4. The van der Waals surface area contributed by atoms with Gasteiger partial charge in [0.05, 0.1) is 9.82 Å². The minimum atomic E-state index is -3.74. The summed E-state index contributed by atoms with van der Waals surface area (Å²) in [5.41, 5.74) is -0.256. The number of nitro groups is 1. The second-order valence-electron chi connectivity index (χ2n) is 4.29. The van der Waals surface area contributed by atoms with Gasteiger partial charge in [-0.2, -0.15) is 0 Å². The van der Waals surface area contributed by atoms with Crippen molar-refractivity contribution in [3.05, 3.63) is 52.6 Å². The molecule has 0 saturated heterocycles. The Bertz CT molecular complexity index is 713. The number of H-pyrrole nitrogens is 1. The van der Waals surface area contributed by atoms with Crippen LogP contribution in [0.4, 0.5) is 5.69 Å². The maximum absolute atomic E-state index is 12.0. The Morgan fingerprint density at radius 1 is 1.38 bits per heavy atom. The van der Waals surface area contributed by atoms with Gasteiger partial charge in [-0.3, -0.25) is 10.1 Å². The van der Waals surface area contributed by atoms with Crippen molar-refractivity contribution in [3.63, 3.8) is 0 Å². The van der Waals surface area contributed by atoms with Gasteiger partial charge in [0.2, 0.25) is 10.0 Å². The zero-order valence-corrected chi connectivity index (χ0v) is 11.8. The molecule has 0 spiro atoms. The Morgan fingerprint density at radius 2 is 2.19 bits per heavy atom. The lowest BCUT2D eigenvalue weighted by Crippen LogP contribution is -2.25. The molecule has 1 heterocycles. The van der Waals surface area contributed by atoms with Gasteiger partial charge in [0, 0.05) is 37.5 Å². The van der Waals surface area contributed by atoms with E-state index in [9.17, 15) is 18.5 Å². The molecule has 0 fully saturated rings. The third-order valence-corrected chi connectivity index (χ3v) is 4.23. The van der Waals surface area contributed by atoms with E-state index in [4.69, 9.17) is 0 Å². The summed E-state index contributed by atoms with van der Waals surface area (Å²) in [5.74, 6) is 0.782. The number of imidazole rings is 1. The summed E-state index contributed by atoms with van der Waals surface area (Å²) in [4.78, 5) is 16.9. The summed E-state index contributed by atoms with van der Waals surface area (Å²) in [7, 11) is -3.74. The predicted molar refractivity (Wildman–Crippen MR) is 75.2 cm³/mol. The second-order valence-corrected chi connectivity index (χ2v) is 6.06. The fourth-order valence-electron chi connectivity index (χ4n) is 1.74. The van der Waals surface area contributed by atoms with Crippen molar-refractivity contribution in [2.24, 2.45) is 0 Å². The number of nitro benzene ring substituents is 1. The first-order chi connectivity index (χ1) is 9.99. The highest BCUT2D eigenvalue weighted by Crippen LogP contribution is 2.17. The lowest BCUT2D eigenvalue weighted by atomic mass is 10.3. The lowest BCUT2D eigenvalue weighted by Gasteiger charge is -2.06. The van der Waals surface area contributed by atoms with Gasteiger partial charge < -0.3 is 4.98 Å². The first-order valence-electron chi connectivity index (χ1n) is 6.21. The first kappa shape index (κ1) is 15.1. The van der Waals surface area contributed by atoms with Crippen LogP contribution >= 0.6 is 0 Å². The Labute approximate surface area is 121 Å². The summed E-state index contributed by atoms with van der Waals surface area (Å²) < 4.78 is 26.4. The van der Waals surface area contributed by atoms with Gasteiger partial charge in [-0.05, 0) is 12.5 Å². The molecule has 2 N–H and O–H groups in total. The minimum absolute atomic E-state index is 0.116. The van der Waals surface area contributed by atoms with E-state index in [0.29, 0.717) is 12.8 Å². The van der Waals surface area contributed by atoms with Gasteiger partial charge in [-0.25, -0.2) is 18.1 Å². The van der Waals surface area contributed by atoms with Crippen LogP contribution in [0.5, 0.6) is 0 Å². The highest BCUT2D eigenvalue weighted by atomic mass is 32.2. The van der Waals surface area contributed by atoms with Gasteiger partial charge in [-0.1, -0.05) is 6.07 Å². The van der Waals surface area contributed by atoms with E-state index in [-0.39, 0.29) is 17.1 Å². The number of aromatic nitrogens is 2. The Morgan fingerprint density at radius 3 is 2.86 bits per heavy atom. The minimum Gasteiger partial charge on any atom is -0.349 e. The predicted octanol–water partition coefficient (Wildman–Crippen LogP) is 1.23. The number of nitrogens with zero attached hydrogens (tertiary/aromatic N) is 2. The molecule has 0 aliphatic carbocycles. The van der Waals surface area contributed by atoms with Crippen LogP contribution in [0.1, 0.15) is 12.2 Å². The monoisotopic (exact) mass is 310 g/mol. The summed E-state index contributed by atoms with van der Waals surface area (Å²) in [6, 6.07) is 4.95. The van der Waals surface area contributed by atoms with Crippen LogP contribution < -0.4 is 4.72 Å². The molecule has 0 aliphatic rings. The Hall–Kier alpha value is -2.26. The molecular weight excluding hydrogens is 296 g/mol. The second kappa shape index (κ2) is 6.46. The number of benzene rings is 1. The van der Waals surface area contributed by atoms with Gasteiger partial charge in [-0.15, -0.1) is 0 Å². The Balaban J connectivity index is 1.95. The van der Waals surface area contributed by atoms with E-state index in [1.165, 1.54) is 18.2 Å². The van der Waals surface area contributed by atoms with Crippen molar-refractivity contribution in [1.82, 2.24) is 14.7 Å². The van der Waals surface area contributed by atoms with Crippen molar-refractivity contribution in [1.29, 1.82) is 0 Å². The molecule has 112 valence electrons. The first-order valence-corrected chi connectivity index (χ1v) is 7.70. The van der Waals surface area contributed by atoms with E-state index in [1.54, 1.807) is 12.4 Å². The molecule has 1 aromatic carbocycles. The number of non-ortho nitro benzene ring substituents is 1. The third kappa shape index (κ3) is 4.10. The van der Waals surface area contributed by atoms with Crippen LogP contribution in [0.25, 0.3) is 0 Å². The molecule has 0 radical (unpaired) electrons. The van der Waals surface area contributed by atoms with Crippen LogP contribution in [0.2, 0.25) is 0 Å². The summed E-state index contributed by atoms with van der Waals surface area (Å²) in [6.45, 7) is 0.228. The van der Waals surface area contributed by atoms with Crippen molar-refractivity contribution in [2.45, 2.75) is 17.7 Å². The van der Waals surface area contributed by atoms with Crippen LogP contribution in [0.15, 0.2) is 41.6 Å². The van der Waals surface area contributed by atoms with E-state index in [1.807, 2.05) is 0 Å². The smallest absolute Gasteiger partial charge is 0.270 e. The molecule has 0 bridgehead atoms. The molecule has 21 heavy (non-hydrogen) atoms. The highest BCUT2D eigenvalue weighted by molar-refractivity contribution is 7.89. The van der Waals surface area contributed by atoms with Gasteiger partial charge in [0.15, 0.2) is 0 Å². The maximum atomic E-state index is 12.0. The van der Waals surface area contributed by atoms with Crippen molar-refractivity contribution < 1.29 is 13.3 Å². The Kier molecular flexibility index (Phi) is 4.66. The molecule has 0 amide bonds. The van der Waals surface area contributed by atoms with Crippen molar-refractivity contribution >= 4 is 15.7 Å². The van der Waals surface area contributed by atoms with Crippen molar-refractivity contribution in [2.75, 3.05) is 6.54 Å². The standard InChI is InChI=1S/C12H14N4O4S/c17-16(18)10-3-1-4-11(9-10)21(19,20)15-6-2-5-12-13-7-8-14-12/h1,3-4,7-9,15H,2,5-6H2,(H,13,14). The molecule has 2 aromatic rings. The van der Waals surface area contributed by atoms with Crippen molar-refractivity contribution in [3.8, 4) is 0 Å². The molecule has 0 saturated carbocycles. The number of aromatic amines is 1. The molecule has 2 rings (SSSR count). The molecule has 9 heteroatoms. The molecule has 0 unspecified atom stereocenters. The van der Waals surface area contributed by atoms with Crippen LogP contribution in [-0.4, -0.2) is 29.9 Å². The van der Waals surface area contributed by atoms with E-state index in [2.05, 4.69) is 14.7 Å². The average molecular weight is 310 g/mol. The van der Waals surface area contributed by atoms with E-state index < -0.39 is 14.9 Å². The molecule has 1 aromatic heterocycles. The molecule has 0 atom stereocenters. The topological polar surface area (TPSA) is 118 Å². The zero-order chi connectivity index (χ0) is 15.3. The zero-order valence-electron chi connectivity index (χ0n) is 11.0. The SMILES string of the molecule is O=[N+]([O-])c1cccc(S(=O)(=O)NCCCc2ncc[nH]2)c1. The van der Waals surface area contributed by atoms with Crippen LogP contribution in [0, 0.1) is 10.1 Å². The number of nitrogens with one attached hydrogen (secondary N) is 2. The third-order valence-electron chi connectivity index (χ3n) is 2.78. The molecular formula is C12H14N4O4S. The highest BCUT2D eigenvalue weighted by Gasteiger charge is 2.16. The fourth-order valence-corrected chi connectivity index (χ4v) is 2.86. The van der Waals surface area contributed by atoms with Crippen LogP contribution in [0.3, 0.4) is 0 Å². The summed E-state index contributed by atoms with van der Waals surface area (Å²) in [5, 5.41) is 10.7. The molecule has 0 aliphatic heterocycles. The molecule has 8 nitrogen and oxygen atoms in total. The number of aryl methyl sites for hydroxylation is 1. The quantitative estimate of drug-likeness (QED) is 0.453. The lowest BCUT2D eigenvalue weighted by molar-refractivity contribution is -0.385.